The maximum Gasteiger partial charge on any atom is 0.263 e. The summed E-state index contributed by atoms with van der Waals surface area (Å²) >= 11 is 0. The van der Waals surface area contributed by atoms with E-state index in [1.807, 2.05) is 0 Å². The number of nitrogens with one attached hydrogen (secondary N) is 1. The van der Waals surface area contributed by atoms with Crippen molar-refractivity contribution < 1.29 is 17.2 Å². The van der Waals surface area contributed by atoms with E-state index >= 15 is 0 Å². The van der Waals surface area contributed by atoms with E-state index in [1.54, 1.807) is 7.05 Å². The number of halogens is 2. The van der Waals surface area contributed by atoms with Gasteiger partial charge in [0.25, 0.3) is 10.0 Å². The number of nitrogens with zero attached hydrogens (tertiary/aromatic N) is 2. The largest absolute Gasteiger partial charge is 0.264 e. The highest BCUT2D eigenvalue weighted by molar-refractivity contribution is 7.92. The Bertz CT molecular complexity index is 682. The van der Waals surface area contributed by atoms with Crippen LogP contribution in [0.1, 0.15) is 0 Å². The molecule has 0 aliphatic rings. The fraction of sp³-hybridized carbons (Fsp3) is 0.100. The first-order chi connectivity index (χ1) is 8.40. The normalized spacial score (nSPS) is 11.5. The molecule has 1 heterocycles. The van der Waals surface area contributed by atoms with Gasteiger partial charge in [-0.3, -0.25) is 9.40 Å². The topological polar surface area (TPSA) is 64.0 Å². The van der Waals surface area contributed by atoms with Gasteiger partial charge in [0.05, 0.1) is 11.1 Å². The highest BCUT2D eigenvalue weighted by Gasteiger charge is 2.17. The average Bonchev–Trinajstić information content (AvgIpc) is 2.67. The minimum atomic E-state index is -3.96. The monoisotopic (exact) mass is 273 g/mol. The molecule has 96 valence electrons. The van der Waals surface area contributed by atoms with Crippen molar-refractivity contribution >= 4 is 15.8 Å². The van der Waals surface area contributed by atoms with E-state index in [1.165, 1.54) is 16.9 Å². The Balaban J connectivity index is 2.37. The zero-order valence-electron chi connectivity index (χ0n) is 9.26. The molecule has 8 heteroatoms. The molecule has 0 unspecified atom stereocenters. The molecular formula is C10H9F2N3O2S. The van der Waals surface area contributed by atoms with Crippen LogP contribution in [0.15, 0.2) is 35.4 Å². The van der Waals surface area contributed by atoms with Gasteiger partial charge < -0.3 is 0 Å². The average molecular weight is 273 g/mol. The van der Waals surface area contributed by atoms with Crippen LogP contribution in [0.3, 0.4) is 0 Å². The fourth-order valence-corrected chi connectivity index (χ4v) is 2.41. The van der Waals surface area contributed by atoms with Crippen LogP contribution in [0.4, 0.5) is 14.6 Å². The van der Waals surface area contributed by atoms with Crippen molar-refractivity contribution in [2.45, 2.75) is 4.90 Å². The smallest absolute Gasteiger partial charge is 0.263 e. The molecule has 0 aliphatic heterocycles. The molecule has 0 spiro atoms. The lowest BCUT2D eigenvalue weighted by atomic mass is 10.3. The van der Waals surface area contributed by atoms with Gasteiger partial charge in [-0.2, -0.15) is 5.10 Å². The standard InChI is InChI=1S/C10H9F2N3O2S/c1-15-10(4-5-13-15)14-18(16,17)7-2-3-8(11)9(12)6-7/h2-6,14H,1H3. The van der Waals surface area contributed by atoms with Crippen molar-refractivity contribution in [1.82, 2.24) is 9.78 Å². The summed E-state index contributed by atoms with van der Waals surface area (Å²) in [5.41, 5.74) is 0. The van der Waals surface area contributed by atoms with Gasteiger partial charge in [-0.05, 0) is 18.2 Å². The SMILES string of the molecule is Cn1nccc1NS(=O)(=O)c1ccc(F)c(F)c1. The lowest BCUT2D eigenvalue weighted by Gasteiger charge is -2.08. The summed E-state index contributed by atoms with van der Waals surface area (Å²) in [7, 11) is -2.42. The van der Waals surface area contributed by atoms with Crippen molar-refractivity contribution in [3.63, 3.8) is 0 Å². The van der Waals surface area contributed by atoms with Gasteiger partial charge in [0, 0.05) is 13.1 Å². The van der Waals surface area contributed by atoms with Crippen molar-refractivity contribution in [2.24, 2.45) is 7.05 Å². The molecule has 0 bridgehead atoms. The third-order valence-electron chi connectivity index (χ3n) is 2.26. The van der Waals surface area contributed by atoms with Crippen LogP contribution < -0.4 is 4.72 Å². The first-order valence-electron chi connectivity index (χ1n) is 4.86. The number of benzene rings is 1. The number of rotatable bonds is 3. The molecule has 0 saturated heterocycles. The molecule has 0 atom stereocenters. The van der Waals surface area contributed by atoms with Gasteiger partial charge in [0.2, 0.25) is 0 Å². The van der Waals surface area contributed by atoms with Crippen molar-refractivity contribution in [3.8, 4) is 0 Å². The molecule has 0 amide bonds. The summed E-state index contributed by atoms with van der Waals surface area (Å²) in [6.07, 6.45) is 1.41. The Kier molecular flexibility index (Phi) is 3.04. The second kappa shape index (κ2) is 4.37. The predicted octanol–water partition coefficient (Wildman–Crippen LogP) is 1.50. The summed E-state index contributed by atoms with van der Waals surface area (Å²) in [5, 5.41) is 3.78. The first-order valence-corrected chi connectivity index (χ1v) is 6.34. The van der Waals surface area contributed by atoms with E-state index in [-0.39, 0.29) is 10.7 Å². The number of hydrogen-bond acceptors (Lipinski definition) is 3. The van der Waals surface area contributed by atoms with E-state index in [4.69, 9.17) is 0 Å². The highest BCUT2D eigenvalue weighted by atomic mass is 32.2. The quantitative estimate of drug-likeness (QED) is 0.921. The van der Waals surface area contributed by atoms with Crippen LogP contribution in [-0.4, -0.2) is 18.2 Å². The molecule has 1 N–H and O–H groups in total. The van der Waals surface area contributed by atoms with E-state index in [0.717, 1.165) is 12.1 Å². The number of hydrogen-bond donors (Lipinski definition) is 1. The van der Waals surface area contributed by atoms with Crippen molar-refractivity contribution in [2.75, 3.05) is 4.72 Å². The minimum absolute atomic E-state index is 0.222. The third-order valence-corrected chi connectivity index (χ3v) is 3.61. The van der Waals surface area contributed by atoms with E-state index in [9.17, 15) is 17.2 Å². The van der Waals surface area contributed by atoms with Gasteiger partial charge in [-0.25, -0.2) is 17.2 Å². The minimum Gasteiger partial charge on any atom is -0.264 e. The van der Waals surface area contributed by atoms with E-state index in [2.05, 4.69) is 9.82 Å². The number of aryl methyl sites for hydroxylation is 1. The second-order valence-electron chi connectivity index (χ2n) is 3.52. The maximum absolute atomic E-state index is 13.0. The lowest BCUT2D eigenvalue weighted by molar-refractivity contribution is 0.504. The van der Waals surface area contributed by atoms with Gasteiger partial charge in [0.15, 0.2) is 11.6 Å². The molecule has 18 heavy (non-hydrogen) atoms. The van der Waals surface area contributed by atoms with Gasteiger partial charge in [-0.1, -0.05) is 0 Å². The Morgan fingerprint density at radius 2 is 1.94 bits per heavy atom. The molecular weight excluding hydrogens is 264 g/mol. The van der Waals surface area contributed by atoms with Crippen LogP contribution in [-0.2, 0) is 17.1 Å². The van der Waals surface area contributed by atoms with Crippen molar-refractivity contribution in [1.29, 1.82) is 0 Å². The van der Waals surface area contributed by atoms with E-state index < -0.39 is 21.7 Å². The van der Waals surface area contributed by atoms with Crippen LogP contribution >= 0.6 is 0 Å². The number of aromatic nitrogens is 2. The van der Waals surface area contributed by atoms with Gasteiger partial charge >= 0.3 is 0 Å². The predicted molar refractivity (Wildman–Crippen MR) is 60.4 cm³/mol. The van der Waals surface area contributed by atoms with Crippen molar-refractivity contribution in [3.05, 3.63) is 42.1 Å². The molecule has 1 aromatic heterocycles. The Morgan fingerprint density at radius 3 is 2.50 bits per heavy atom. The molecule has 2 aromatic rings. The molecule has 0 fully saturated rings. The van der Waals surface area contributed by atoms with Crippen LogP contribution in [0, 0.1) is 11.6 Å². The lowest BCUT2D eigenvalue weighted by Crippen LogP contribution is -2.15. The zero-order valence-corrected chi connectivity index (χ0v) is 10.1. The molecule has 2 rings (SSSR count). The van der Waals surface area contributed by atoms with Crippen LogP contribution in [0.5, 0.6) is 0 Å². The summed E-state index contributed by atoms with van der Waals surface area (Å²) < 4.78 is 53.0. The molecule has 0 aliphatic carbocycles. The summed E-state index contributed by atoms with van der Waals surface area (Å²) in [6, 6.07) is 3.80. The van der Waals surface area contributed by atoms with Crippen LogP contribution in [0.2, 0.25) is 0 Å². The van der Waals surface area contributed by atoms with Crippen LogP contribution in [0.25, 0.3) is 0 Å². The zero-order chi connectivity index (χ0) is 13.3. The summed E-state index contributed by atoms with van der Waals surface area (Å²) in [4.78, 5) is -0.359. The third kappa shape index (κ3) is 2.33. The number of sulfonamides is 1. The van der Waals surface area contributed by atoms with E-state index in [0.29, 0.717) is 6.07 Å². The number of anilines is 1. The Hall–Kier alpha value is -1.96. The molecule has 0 saturated carbocycles. The summed E-state index contributed by atoms with van der Waals surface area (Å²) in [6.45, 7) is 0. The van der Waals surface area contributed by atoms with Gasteiger partial charge in [0.1, 0.15) is 5.82 Å². The molecule has 0 radical (unpaired) electrons. The Morgan fingerprint density at radius 1 is 1.22 bits per heavy atom. The Labute approximate surface area is 102 Å². The maximum atomic E-state index is 13.0. The first kappa shape index (κ1) is 12.5. The molecule has 1 aromatic carbocycles. The highest BCUT2D eigenvalue weighted by Crippen LogP contribution is 2.17. The summed E-state index contributed by atoms with van der Waals surface area (Å²) in [5.74, 6) is -2.10. The fourth-order valence-electron chi connectivity index (χ4n) is 1.31. The van der Waals surface area contributed by atoms with Gasteiger partial charge in [-0.15, -0.1) is 0 Å². The second-order valence-corrected chi connectivity index (χ2v) is 5.20. The molecule has 5 nitrogen and oxygen atoms in total.